The minimum Gasteiger partial charge on any atom is -0.469 e. The summed E-state index contributed by atoms with van der Waals surface area (Å²) >= 11 is 0. The fourth-order valence-electron chi connectivity index (χ4n) is 3.13. The van der Waals surface area contributed by atoms with E-state index in [9.17, 15) is 14.7 Å². The number of carbonyl (C=O) groups is 2. The molecule has 2 fully saturated rings. The Bertz CT molecular complexity index is 317. The average Bonchev–Trinajstić information content (AvgIpc) is 2.84. The van der Waals surface area contributed by atoms with Gasteiger partial charge in [-0.15, -0.1) is 0 Å². The van der Waals surface area contributed by atoms with E-state index >= 15 is 0 Å². The second-order valence-electron chi connectivity index (χ2n) is 5.18. The fourth-order valence-corrected chi connectivity index (χ4v) is 3.13. The van der Waals surface area contributed by atoms with Crippen molar-refractivity contribution in [3.8, 4) is 0 Å². The standard InChI is InChI=1S/C13H20O5/c1-17-13(16)4-2-3-8-5-9-10(7-14)11(15)6-12(9)18-8/h7-12,15H,2-6H2,1H3. The summed E-state index contributed by atoms with van der Waals surface area (Å²) in [6.45, 7) is 0. The molecule has 1 saturated heterocycles. The van der Waals surface area contributed by atoms with Gasteiger partial charge in [0.25, 0.3) is 0 Å². The molecule has 5 heteroatoms. The van der Waals surface area contributed by atoms with E-state index in [0.29, 0.717) is 12.8 Å². The van der Waals surface area contributed by atoms with Gasteiger partial charge in [-0.1, -0.05) is 0 Å². The van der Waals surface area contributed by atoms with Gasteiger partial charge in [0.2, 0.25) is 0 Å². The molecule has 1 heterocycles. The first-order chi connectivity index (χ1) is 8.65. The second kappa shape index (κ2) is 5.80. The molecule has 0 aromatic rings. The van der Waals surface area contributed by atoms with Crippen LogP contribution in [-0.4, -0.2) is 42.8 Å². The number of hydrogen-bond donors (Lipinski definition) is 1. The summed E-state index contributed by atoms with van der Waals surface area (Å²) in [7, 11) is 1.38. The Morgan fingerprint density at radius 2 is 2.28 bits per heavy atom. The van der Waals surface area contributed by atoms with Crippen molar-refractivity contribution in [3.05, 3.63) is 0 Å². The van der Waals surface area contributed by atoms with E-state index in [4.69, 9.17) is 4.74 Å². The number of methoxy groups -OCH3 is 1. The first-order valence-corrected chi connectivity index (χ1v) is 6.51. The number of rotatable bonds is 5. The first kappa shape index (κ1) is 13.5. The molecule has 0 radical (unpaired) electrons. The van der Waals surface area contributed by atoms with Crippen LogP contribution in [0.25, 0.3) is 0 Å². The number of aliphatic hydroxyl groups is 1. The quantitative estimate of drug-likeness (QED) is 0.578. The molecule has 0 aromatic heterocycles. The Balaban J connectivity index is 1.76. The Labute approximate surface area is 106 Å². The highest BCUT2D eigenvalue weighted by molar-refractivity contribution is 5.68. The Morgan fingerprint density at radius 3 is 2.94 bits per heavy atom. The van der Waals surface area contributed by atoms with Gasteiger partial charge in [-0.05, 0) is 25.2 Å². The minimum absolute atomic E-state index is 0.0123. The van der Waals surface area contributed by atoms with E-state index in [1.807, 2.05) is 0 Å². The summed E-state index contributed by atoms with van der Waals surface area (Å²) in [5, 5.41) is 9.69. The monoisotopic (exact) mass is 256 g/mol. The van der Waals surface area contributed by atoms with E-state index in [1.165, 1.54) is 7.11 Å². The second-order valence-corrected chi connectivity index (χ2v) is 5.18. The molecule has 1 N–H and O–H groups in total. The average molecular weight is 256 g/mol. The van der Waals surface area contributed by atoms with Crippen molar-refractivity contribution in [3.63, 3.8) is 0 Å². The molecule has 2 aliphatic rings. The molecule has 5 atom stereocenters. The van der Waals surface area contributed by atoms with Crippen LogP contribution >= 0.6 is 0 Å². The van der Waals surface area contributed by atoms with Crippen LogP contribution in [0.4, 0.5) is 0 Å². The van der Waals surface area contributed by atoms with Gasteiger partial charge in [0.15, 0.2) is 0 Å². The van der Waals surface area contributed by atoms with E-state index in [1.54, 1.807) is 0 Å². The van der Waals surface area contributed by atoms with Crippen molar-refractivity contribution in [1.29, 1.82) is 0 Å². The van der Waals surface area contributed by atoms with Crippen LogP contribution in [0.5, 0.6) is 0 Å². The molecule has 0 spiro atoms. The van der Waals surface area contributed by atoms with Crippen molar-refractivity contribution in [1.82, 2.24) is 0 Å². The maximum Gasteiger partial charge on any atom is 0.305 e. The molecule has 1 saturated carbocycles. The molecule has 18 heavy (non-hydrogen) atoms. The predicted molar refractivity (Wildman–Crippen MR) is 62.8 cm³/mol. The van der Waals surface area contributed by atoms with Crippen LogP contribution in [0, 0.1) is 11.8 Å². The summed E-state index contributed by atoms with van der Waals surface area (Å²) in [5.41, 5.74) is 0. The predicted octanol–water partition coefficient (Wildman–Crippen LogP) is 0.683. The van der Waals surface area contributed by atoms with Gasteiger partial charge < -0.3 is 19.4 Å². The highest BCUT2D eigenvalue weighted by atomic mass is 16.5. The van der Waals surface area contributed by atoms with Gasteiger partial charge in [0.1, 0.15) is 6.29 Å². The topological polar surface area (TPSA) is 72.8 Å². The largest absolute Gasteiger partial charge is 0.469 e. The third-order valence-corrected chi connectivity index (χ3v) is 4.08. The summed E-state index contributed by atoms with van der Waals surface area (Å²) in [6, 6.07) is 0. The maximum atomic E-state index is 11.0. The lowest BCUT2D eigenvalue weighted by Crippen LogP contribution is -2.21. The van der Waals surface area contributed by atoms with Gasteiger partial charge in [-0.25, -0.2) is 0 Å². The summed E-state index contributed by atoms with van der Waals surface area (Å²) < 4.78 is 10.4. The van der Waals surface area contributed by atoms with E-state index < -0.39 is 6.10 Å². The number of carbonyl (C=O) groups excluding carboxylic acids is 2. The zero-order valence-corrected chi connectivity index (χ0v) is 10.6. The van der Waals surface area contributed by atoms with E-state index in [0.717, 1.165) is 25.5 Å². The lowest BCUT2D eigenvalue weighted by molar-refractivity contribution is -0.140. The van der Waals surface area contributed by atoms with Crippen LogP contribution in [-0.2, 0) is 19.1 Å². The van der Waals surface area contributed by atoms with Gasteiger partial charge in [-0.2, -0.15) is 0 Å². The number of hydrogen-bond acceptors (Lipinski definition) is 5. The van der Waals surface area contributed by atoms with Crippen molar-refractivity contribution < 1.29 is 24.2 Å². The third kappa shape index (κ3) is 2.72. The molecule has 2 rings (SSSR count). The van der Waals surface area contributed by atoms with Crippen molar-refractivity contribution >= 4 is 12.3 Å². The Kier molecular flexibility index (Phi) is 4.35. The van der Waals surface area contributed by atoms with Crippen LogP contribution in [0.15, 0.2) is 0 Å². The number of esters is 1. The molecular formula is C13H20O5. The molecule has 1 aliphatic carbocycles. The smallest absolute Gasteiger partial charge is 0.305 e. The SMILES string of the molecule is COC(=O)CCCC1CC2C(CC(O)C2C=O)O1. The molecule has 102 valence electrons. The molecule has 0 bridgehead atoms. The summed E-state index contributed by atoms with van der Waals surface area (Å²) in [4.78, 5) is 21.9. The molecule has 0 aromatic carbocycles. The molecule has 1 aliphatic heterocycles. The van der Waals surface area contributed by atoms with Crippen LogP contribution in [0.1, 0.15) is 32.1 Å². The zero-order chi connectivity index (χ0) is 13.1. The molecule has 5 unspecified atom stereocenters. The zero-order valence-electron chi connectivity index (χ0n) is 10.6. The van der Waals surface area contributed by atoms with E-state index in [-0.39, 0.29) is 30.0 Å². The fraction of sp³-hybridized carbons (Fsp3) is 0.846. The number of ether oxygens (including phenoxy) is 2. The highest BCUT2D eigenvalue weighted by Gasteiger charge is 2.48. The van der Waals surface area contributed by atoms with Crippen molar-refractivity contribution in [2.24, 2.45) is 11.8 Å². The lowest BCUT2D eigenvalue weighted by atomic mass is 9.91. The third-order valence-electron chi connectivity index (χ3n) is 4.08. The lowest BCUT2D eigenvalue weighted by Gasteiger charge is -2.15. The van der Waals surface area contributed by atoms with Crippen LogP contribution in [0.3, 0.4) is 0 Å². The first-order valence-electron chi connectivity index (χ1n) is 6.51. The minimum atomic E-state index is -0.548. The van der Waals surface area contributed by atoms with Gasteiger partial charge in [0.05, 0.1) is 25.4 Å². The van der Waals surface area contributed by atoms with Gasteiger partial charge in [-0.3, -0.25) is 4.79 Å². The number of aliphatic hydroxyl groups excluding tert-OH is 1. The van der Waals surface area contributed by atoms with Gasteiger partial charge >= 0.3 is 5.97 Å². The maximum absolute atomic E-state index is 11.0. The molecule has 0 amide bonds. The summed E-state index contributed by atoms with van der Waals surface area (Å²) in [5.74, 6) is -0.324. The Hall–Kier alpha value is -0.940. The van der Waals surface area contributed by atoms with E-state index in [2.05, 4.69) is 4.74 Å². The van der Waals surface area contributed by atoms with Crippen LogP contribution < -0.4 is 0 Å². The normalized spacial score (nSPS) is 38.4. The van der Waals surface area contributed by atoms with Crippen LogP contribution in [0.2, 0.25) is 0 Å². The molecular weight excluding hydrogens is 236 g/mol. The highest BCUT2D eigenvalue weighted by Crippen LogP contribution is 2.43. The summed E-state index contributed by atoms with van der Waals surface area (Å²) in [6.07, 6.45) is 3.76. The molecule has 5 nitrogen and oxygen atoms in total. The Morgan fingerprint density at radius 1 is 1.50 bits per heavy atom. The number of aldehydes is 1. The van der Waals surface area contributed by atoms with Crippen molar-refractivity contribution in [2.75, 3.05) is 7.11 Å². The van der Waals surface area contributed by atoms with Crippen molar-refractivity contribution in [2.45, 2.75) is 50.4 Å². The number of fused-ring (bicyclic) bond motifs is 1. The van der Waals surface area contributed by atoms with Gasteiger partial charge in [0, 0.05) is 18.8 Å².